The van der Waals surface area contributed by atoms with E-state index >= 15 is 0 Å². The van der Waals surface area contributed by atoms with E-state index in [2.05, 4.69) is 15.5 Å². The minimum atomic E-state index is -0.626. The van der Waals surface area contributed by atoms with Gasteiger partial charge in [-0.05, 0) is 46.8 Å². The molecule has 0 amide bonds. The van der Waals surface area contributed by atoms with E-state index in [9.17, 15) is 9.59 Å². The number of ether oxygens (including phenoxy) is 3. The lowest BCUT2D eigenvalue weighted by atomic mass is 10.1. The number of hydrogen-bond donors (Lipinski definition) is 0. The van der Waals surface area contributed by atoms with Gasteiger partial charge >= 0.3 is 5.97 Å². The maximum atomic E-state index is 12.3. The molecule has 1 heterocycles. The van der Waals surface area contributed by atoms with E-state index in [0.717, 1.165) is 0 Å². The summed E-state index contributed by atoms with van der Waals surface area (Å²) in [5.41, 5.74) is 1.23. The highest BCUT2D eigenvalue weighted by atomic mass is 16.5. The van der Waals surface area contributed by atoms with Gasteiger partial charge in [-0.15, -0.1) is 5.10 Å². The fourth-order valence-electron chi connectivity index (χ4n) is 2.36. The summed E-state index contributed by atoms with van der Waals surface area (Å²) in [6, 6.07) is 11.3. The Morgan fingerprint density at radius 2 is 1.81 bits per heavy atom. The van der Waals surface area contributed by atoms with Crippen molar-refractivity contribution >= 4 is 11.8 Å². The average molecular weight is 368 g/mol. The van der Waals surface area contributed by atoms with Crippen molar-refractivity contribution in [3.05, 3.63) is 59.9 Å². The predicted octanol–water partition coefficient (Wildman–Crippen LogP) is 1.72. The van der Waals surface area contributed by atoms with Crippen molar-refractivity contribution in [2.24, 2.45) is 0 Å². The Balaban J connectivity index is 1.67. The topological polar surface area (TPSA) is 105 Å². The number of aromatic nitrogens is 4. The molecule has 0 aliphatic heterocycles. The molecule has 9 heteroatoms. The van der Waals surface area contributed by atoms with E-state index in [1.165, 1.54) is 31.3 Å². The summed E-state index contributed by atoms with van der Waals surface area (Å²) in [4.78, 5) is 24.5. The van der Waals surface area contributed by atoms with Crippen molar-refractivity contribution in [1.29, 1.82) is 0 Å². The van der Waals surface area contributed by atoms with Crippen LogP contribution in [0.3, 0.4) is 0 Å². The van der Waals surface area contributed by atoms with Gasteiger partial charge in [-0.3, -0.25) is 4.79 Å². The molecule has 9 nitrogen and oxygen atoms in total. The predicted molar refractivity (Wildman–Crippen MR) is 93.3 cm³/mol. The molecule has 0 bridgehead atoms. The summed E-state index contributed by atoms with van der Waals surface area (Å²) in [6.07, 6.45) is 1.41. The van der Waals surface area contributed by atoms with Crippen molar-refractivity contribution < 1.29 is 23.8 Å². The summed E-state index contributed by atoms with van der Waals surface area (Å²) in [5.74, 6) is -0.0611. The molecule has 0 saturated heterocycles. The van der Waals surface area contributed by atoms with Crippen LogP contribution in [0.4, 0.5) is 0 Å². The Labute approximate surface area is 154 Å². The fraction of sp³-hybridized carbons (Fsp3) is 0.167. The van der Waals surface area contributed by atoms with Crippen LogP contribution in [0.5, 0.6) is 11.5 Å². The molecule has 3 rings (SSSR count). The molecule has 0 N–H and O–H groups in total. The average Bonchev–Trinajstić information content (AvgIpc) is 3.26. The number of methoxy groups -OCH3 is 2. The lowest BCUT2D eigenvalue weighted by Crippen LogP contribution is -2.14. The highest BCUT2D eigenvalue weighted by Gasteiger charge is 2.15. The summed E-state index contributed by atoms with van der Waals surface area (Å²) in [5, 5.41) is 10.8. The van der Waals surface area contributed by atoms with Gasteiger partial charge in [0.25, 0.3) is 0 Å². The van der Waals surface area contributed by atoms with Crippen molar-refractivity contribution in [3.8, 4) is 17.2 Å². The third kappa shape index (κ3) is 4.09. The number of rotatable bonds is 7. The highest BCUT2D eigenvalue weighted by molar-refractivity contribution is 5.99. The number of nitrogens with zero attached hydrogens (tertiary/aromatic N) is 4. The second-order valence-corrected chi connectivity index (χ2v) is 5.37. The van der Waals surface area contributed by atoms with Gasteiger partial charge in [0.2, 0.25) is 0 Å². The van der Waals surface area contributed by atoms with Crippen LogP contribution >= 0.6 is 0 Å². The van der Waals surface area contributed by atoms with E-state index in [0.29, 0.717) is 22.7 Å². The van der Waals surface area contributed by atoms with E-state index in [1.807, 2.05) is 0 Å². The molecule has 1 aromatic heterocycles. The Kier molecular flexibility index (Phi) is 5.41. The van der Waals surface area contributed by atoms with Gasteiger partial charge in [0.05, 0.1) is 25.5 Å². The normalized spacial score (nSPS) is 10.3. The zero-order chi connectivity index (χ0) is 19.2. The maximum Gasteiger partial charge on any atom is 0.338 e. The van der Waals surface area contributed by atoms with Gasteiger partial charge in [0, 0.05) is 5.56 Å². The largest absolute Gasteiger partial charge is 0.493 e. The molecule has 0 aliphatic carbocycles. The number of ketones is 1. The number of esters is 1. The Morgan fingerprint density at radius 3 is 2.52 bits per heavy atom. The lowest BCUT2D eigenvalue weighted by Gasteiger charge is -2.09. The first-order valence-corrected chi connectivity index (χ1v) is 7.88. The van der Waals surface area contributed by atoms with Gasteiger partial charge in [0.15, 0.2) is 23.9 Å². The highest BCUT2D eigenvalue weighted by Crippen LogP contribution is 2.27. The Morgan fingerprint density at radius 1 is 1.00 bits per heavy atom. The Bertz CT molecular complexity index is 956. The molecule has 0 spiro atoms. The first-order chi connectivity index (χ1) is 13.1. The molecule has 0 aliphatic rings. The first-order valence-electron chi connectivity index (χ1n) is 7.88. The molecule has 2 aromatic carbocycles. The number of Topliss-reactive ketones (excluding diaryl/α,β-unsaturated/α-hetero) is 1. The summed E-state index contributed by atoms with van der Waals surface area (Å²) in [7, 11) is 2.98. The third-order valence-corrected chi connectivity index (χ3v) is 3.74. The molecule has 0 radical (unpaired) electrons. The van der Waals surface area contributed by atoms with Gasteiger partial charge < -0.3 is 14.2 Å². The quantitative estimate of drug-likeness (QED) is 0.458. The molecule has 27 heavy (non-hydrogen) atoms. The summed E-state index contributed by atoms with van der Waals surface area (Å²) < 4.78 is 16.8. The van der Waals surface area contributed by atoms with Gasteiger partial charge in [-0.25, -0.2) is 9.48 Å². The monoisotopic (exact) mass is 368 g/mol. The Hall–Kier alpha value is -3.75. The number of benzene rings is 2. The molecule has 0 atom stereocenters. The molecule has 138 valence electrons. The van der Waals surface area contributed by atoms with Crippen LogP contribution in [-0.4, -0.2) is 52.8 Å². The van der Waals surface area contributed by atoms with Crippen molar-refractivity contribution in [2.75, 3.05) is 20.8 Å². The van der Waals surface area contributed by atoms with Gasteiger partial charge in [-0.1, -0.05) is 6.07 Å². The number of tetrazole rings is 1. The minimum absolute atomic E-state index is 0.281. The van der Waals surface area contributed by atoms with Gasteiger partial charge in [-0.2, -0.15) is 0 Å². The standard InChI is InChI=1S/C18H16N4O5/c1-25-16-7-6-12(9-17(16)26-2)15(23)10-27-18(24)13-4-3-5-14(8-13)22-11-19-20-21-22/h3-9,11H,10H2,1-2H3. The maximum absolute atomic E-state index is 12.3. The summed E-state index contributed by atoms with van der Waals surface area (Å²) in [6.45, 7) is -0.399. The number of hydrogen-bond acceptors (Lipinski definition) is 8. The first kappa shape index (κ1) is 18.1. The number of carbonyl (C=O) groups excluding carboxylic acids is 2. The van der Waals surface area contributed by atoms with Crippen LogP contribution < -0.4 is 9.47 Å². The molecular weight excluding hydrogens is 352 g/mol. The van der Waals surface area contributed by atoms with Crippen LogP contribution in [0.25, 0.3) is 5.69 Å². The summed E-state index contributed by atoms with van der Waals surface area (Å²) >= 11 is 0. The molecule has 0 saturated carbocycles. The minimum Gasteiger partial charge on any atom is -0.493 e. The SMILES string of the molecule is COc1ccc(C(=O)COC(=O)c2cccc(-n3cnnn3)c2)cc1OC. The van der Waals surface area contributed by atoms with E-state index in [-0.39, 0.29) is 11.3 Å². The molecule has 0 unspecified atom stereocenters. The van der Waals surface area contributed by atoms with E-state index in [4.69, 9.17) is 14.2 Å². The van der Waals surface area contributed by atoms with E-state index in [1.54, 1.807) is 36.4 Å². The second kappa shape index (κ2) is 8.09. The van der Waals surface area contributed by atoms with Crippen molar-refractivity contribution in [3.63, 3.8) is 0 Å². The van der Waals surface area contributed by atoms with E-state index < -0.39 is 12.6 Å². The fourth-order valence-corrected chi connectivity index (χ4v) is 2.36. The zero-order valence-corrected chi connectivity index (χ0v) is 14.7. The lowest BCUT2D eigenvalue weighted by molar-refractivity contribution is 0.0474. The molecule has 3 aromatic rings. The second-order valence-electron chi connectivity index (χ2n) is 5.37. The molecule has 0 fully saturated rings. The van der Waals surface area contributed by atoms with Crippen LogP contribution in [0.2, 0.25) is 0 Å². The molecular formula is C18H16N4O5. The van der Waals surface area contributed by atoms with Crippen LogP contribution in [0.15, 0.2) is 48.8 Å². The van der Waals surface area contributed by atoms with Crippen molar-refractivity contribution in [1.82, 2.24) is 20.2 Å². The smallest absolute Gasteiger partial charge is 0.338 e. The third-order valence-electron chi connectivity index (χ3n) is 3.74. The number of carbonyl (C=O) groups is 2. The van der Waals surface area contributed by atoms with Crippen LogP contribution in [0, 0.1) is 0 Å². The van der Waals surface area contributed by atoms with Gasteiger partial charge in [0.1, 0.15) is 6.33 Å². The van der Waals surface area contributed by atoms with Crippen LogP contribution in [0.1, 0.15) is 20.7 Å². The van der Waals surface area contributed by atoms with Crippen molar-refractivity contribution in [2.45, 2.75) is 0 Å². The van der Waals surface area contributed by atoms with Crippen LogP contribution in [-0.2, 0) is 4.74 Å². The zero-order valence-electron chi connectivity index (χ0n) is 14.7.